The summed E-state index contributed by atoms with van der Waals surface area (Å²) in [4.78, 5) is 32.6. The molecule has 7 heteroatoms. The summed E-state index contributed by atoms with van der Waals surface area (Å²) < 4.78 is 10.6. The summed E-state index contributed by atoms with van der Waals surface area (Å²) in [6.07, 6.45) is 4.67. The Bertz CT molecular complexity index is 729. The van der Waals surface area contributed by atoms with Crippen LogP contribution < -0.4 is 9.47 Å². The van der Waals surface area contributed by atoms with Crippen molar-refractivity contribution >= 4 is 11.8 Å². The molecule has 7 nitrogen and oxygen atoms in total. The zero-order valence-corrected chi connectivity index (χ0v) is 19.4. The standard InChI is InChI=1S/C24H37N3O4/c1-5-25(6-2)24(29)22(18-9-7-8-10-18)26-11-13-27(14-12-26)23(28)19-15-20(30-3)17-21(16-19)31-4/h15-18,22H,5-14H2,1-4H3/t22-/m1/s1. The summed E-state index contributed by atoms with van der Waals surface area (Å²) in [5, 5.41) is 0. The van der Waals surface area contributed by atoms with Gasteiger partial charge in [-0.1, -0.05) is 12.8 Å². The zero-order valence-electron chi connectivity index (χ0n) is 19.4. The first kappa shape index (κ1) is 23.4. The van der Waals surface area contributed by atoms with Gasteiger partial charge >= 0.3 is 0 Å². The van der Waals surface area contributed by atoms with Gasteiger partial charge < -0.3 is 19.3 Å². The topological polar surface area (TPSA) is 62.3 Å². The van der Waals surface area contributed by atoms with Crippen LogP contribution in [0.2, 0.25) is 0 Å². The number of nitrogens with zero attached hydrogens (tertiary/aromatic N) is 3. The number of methoxy groups -OCH3 is 2. The fourth-order valence-electron chi connectivity index (χ4n) is 4.97. The second-order valence-corrected chi connectivity index (χ2v) is 8.43. The SMILES string of the molecule is CCN(CC)C(=O)[C@@H](C1CCCC1)N1CCN(C(=O)c2cc(OC)cc(OC)c2)CC1. The van der Waals surface area contributed by atoms with E-state index in [2.05, 4.69) is 4.90 Å². The maximum absolute atomic E-state index is 13.3. The Morgan fingerprint density at radius 3 is 2.00 bits per heavy atom. The summed E-state index contributed by atoms with van der Waals surface area (Å²) in [5.74, 6) is 1.87. The van der Waals surface area contributed by atoms with E-state index in [0.29, 0.717) is 36.1 Å². The Morgan fingerprint density at radius 2 is 1.52 bits per heavy atom. The third kappa shape index (κ3) is 5.32. The van der Waals surface area contributed by atoms with Crippen LogP contribution in [0, 0.1) is 5.92 Å². The average Bonchev–Trinajstić information content (AvgIpc) is 3.34. The lowest BCUT2D eigenvalue weighted by molar-refractivity contribution is -0.139. The molecule has 1 aromatic carbocycles. The Morgan fingerprint density at radius 1 is 0.968 bits per heavy atom. The normalized spacial score (nSPS) is 18.6. The first-order valence-electron chi connectivity index (χ1n) is 11.6. The van der Waals surface area contributed by atoms with Gasteiger partial charge in [-0.3, -0.25) is 14.5 Å². The predicted molar refractivity (Wildman–Crippen MR) is 121 cm³/mol. The van der Waals surface area contributed by atoms with E-state index < -0.39 is 0 Å². The second kappa shape index (κ2) is 10.8. The minimum atomic E-state index is -0.0587. The Balaban J connectivity index is 1.70. The van der Waals surface area contributed by atoms with E-state index >= 15 is 0 Å². The third-order valence-electron chi connectivity index (χ3n) is 6.77. The third-order valence-corrected chi connectivity index (χ3v) is 6.77. The van der Waals surface area contributed by atoms with Crippen molar-refractivity contribution in [1.82, 2.24) is 14.7 Å². The van der Waals surface area contributed by atoms with Gasteiger partial charge in [-0.05, 0) is 44.7 Å². The molecule has 1 saturated carbocycles. The molecule has 0 radical (unpaired) electrons. The summed E-state index contributed by atoms with van der Waals surface area (Å²) in [6, 6.07) is 5.21. The lowest BCUT2D eigenvalue weighted by Gasteiger charge is -2.42. The van der Waals surface area contributed by atoms with Crippen molar-refractivity contribution in [3.63, 3.8) is 0 Å². The molecule has 1 aliphatic heterocycles. The molecule has 1 saturated heterocycles. The van der Waals surface area contributed by atoms with Crippen LogP contribution >= 0.6 is 0 Å². The number of carbonyl (C=O) groups excluding carboxylic acids is 2. The lowest BCUT2D eigenvalue weighted by Crippen LogP contribution is -2.58. The molecule has 1 aliphatic carbocycles. The van der Waals surface area contributed by atoms with Crippen molar-refractivity contribution in [2.45, 2.75) is 45.6 Å². The molecule has 0 bridgehead atoms. The van der Waals surface area contributed by atoms with E-state index in [4.69, 9.17) is 9.47 Å². The minimum absolute atomic E-state index is 0.0238. The van der Waals surface area contributed by atoms with Crippen LogP contribution in [0.25, 0.3) is 0 Å². The van der Waals surface area contributed by atoms with Crippen molar-refractivity contribution in [3.8, 4) is 11.5 Å². The Hall–Kier alpha value is -2.28. The van der Waals surface area contributed by atoms with Crippen molar-refractivity contribution in [1.29, 1.82) is 0 Å². The smallest absolute Gasteiger partial charge is 0.254 e. The van der Waals surface area contributed by atoms with Gasteiger partial charge in [-0.25, -0.2) is 0 Å². The van der Waals surface area contributed by atoms with E-state index in [1.54, 1.807) is 32.4 Å². The molecule has 31 heavy (non-hydrogen) atoms. The minimum Gasteiger partial charge on any atom is -0.497 e. The molecule has 0 aromatic heterocycles. The summed E-state index contributed by atoms with van der Waals surface area (Å²) in [6.45, 7) is 8.27. The number of carbonyl (C=O) groups is 2. The van der Waals surface area contributed by atoms with Gasteiger partial charge in [0.25, 0.3) is 5.91 Å². The first-order chi connectivity index (χ1) is 15.0. The van der Waals surface area contributed by atoms with Gasteiger partial charge in [-0.15, -0.1) is 0 Å². The maximum Gasteiger partial charge on any atom is 0.254 e. The van der Waals surface area contributed by atoms with Crippen LogP contribution in [0.3, 0.4) is 0 Å². The largest absolute Gasteiger partial charge is 0.497 e. The molecule has 2 fully saturated rings. The number of amides is 2. The van der Waals surface area contributed by atoms with E-state index in [1.807, 2.05) is 23.6 Å². The molecule has 2 aliphatic rings. The molecule has 0 N–H and O–H groups in total. The van der Waals surface area contributed by atoms with Crippen LogP contribution in [0.4, 0.5) is 0 Å². The van der Waals surface area contributed by atoms with Gasteiger partial charge in [0.1, 0.15) is 11.5 Å². The van der Waals surface area contributed by atoms with Crippen molar-refractivity contribution < 1.29 is 19.1 Å². The highest BCUT2D eigenvalue weighted by Crippen LogP contribution is 2.32. The molecule has 3 rings (SSSR count). The van der Waals surface area contributed by atoms with Gasteiger partial charge in [0.05, 0.1) is 20.3 Å². The Labute approximate surface area is 186 Å². The molecule has 0 unspecified atom stereocenters. The molecule has 0 spiro atoms. The van der Waals surface area contributed by atoms with Crippen molar-refractivity contribution in [2.24, 2.45) is 5.92 Å². The number of hydrogen-bond acceptors (Lipinski definition) is 5. The number of rotatable bonds is 8. The quantitative estimate of drug-likeness (QED) is 0.633. The highest BCUT2D eigenvalue weighted by molar-refractivity contribution is 5.95. The number of likely N-dealkylation sites (N-methyl/N-ethyl adjacent to an activating group) is 1. The highest BCUT2D eigenvalue weighted by atomic mass is 16.5. The van der Waals surface area contributed by atoms with E-state index in [1.165, 1.54) is 12.8 Å². The van der Waals surface area contributed by atoms with E-state index in [0.717, 1.165) is 39.0 Å². The van der Waals surface area contributed by atoms with Gasteiger partial charge in [-0.2, -0.15) is 0 Å². The molecule has 1 atom stereocenters. The van der Waals surface area contributed by atoms with Crippen LogP contribution in [-0.4, -0.2) is 86.0 Å². The number of hydrogen-bond donors (Lipinski definition) is 0. The molecule has 1 heterocycles. The van der Waals surface area contributed by atoms with Crippen LogP contribution in [0.1, 0.15) is 49.9 Å². The van der Waals surface area contributed by atoms with Crippen molar-refractivity contribution in [2.75, 3.05) is 53.5 Å². The molecule has 1 aromatic rings. The average molecular weight is 432 g/mol. The van der Waals surface area contributed by atoms with Crippen LogP contribution in [-0.2, 0) is 4.79 Å². The number of benzene rings is 1. The summed E-state index contributed by atoms with van der Waals surface area (Å²) in [7, 11) is 3.16. The van der Waals surface area contributed by atoms with E-state index in [-0.39, 0.29) is 17.9 Å². The van der Waals surface area contributed by atoms with Crippen LogP contribution in [0.5, 0.6) is 11.5 Å². The highest BCUT2D eigenvalue weighted by Gasteiger charge is 2.38. The lowest BCUT2D eigenvalue weighted by atomic mass is 9.94. The first-order valence-corrected chi connectivity index (χ1v) is 11.6. The van der Waals surface area contributed by atoms with Crippen LogP contribution in [0.15, 0.2) is 18.2 Å². The molecular formula is C24H37N3O4. The van der Waals surface area contributed by atoms with Gasteiger partial charge in [0.2, 0.25) is 5.91 Å². The number of ether oxygens (including phenoxy) is 2. The summed E-state index contributed by atoms with van der Waals surface area (Å²) >= 11 is 0. The molecule has 2 amide bonds. The van der Waals surface area contributed by atoms with Gasteiger partial charge in [0, 0.05) is 50.9 Å². The summed E-state index contributed by atoms with van der Waals surface area (Å²) in [5.41, 5.74) is 0.566. The fourth-order valence-corrected chi connectivity index (χ4v) is 4.97. The fraction of sp³-hybridized carbons (Fsp3) is 0.667. The Kier molecular flexibility index (Phi) is 8.18. The second-order valence-electron chi connectivity index (χ2n) is 8.43. The maximum atomic E-state index is 13.3. The van der Waals surface area contributed by atoms with Crippen molar-refractivity contribution in [3.05, 3.63) is 23.8 Å². The molecular weight excluding hydrogens is 394 g/mol. The predicted octanol–water partition coefficient (Wildman–Crippen LogP) is 2.89. The van der Waals surface area contributed by atoms with Gasteiger partial charge in [0.15, 0.2) is 0 Å². The number of piperazine rings is 1. The zero-order chi connectivity index (χ0) is 22.4. The van der Waals surface area contributed by atoms with E-state index in [9.17, 15) is 9.59 Å². The molecule has 172 valence electrons. The monoisotopic (exact) mass is 431 g/mol.